The molecule has 5 nitrogen and oxygen atoms in total. The minimum Gasteiger partial charge on any atom is -0.339 e. The first kappa shape index (κ1) is 16.3. The van der Waals surface area contributed by atoms with Gasteiger partial charge in [0.05, 0.1) is 12.5 Å². The molecular weight excluding hydrogens is 266 g/mol. The quantitative estimate of drug-likeness (QED) is 0.778. The first-order valence-electron chi connectivity index (χ1n) is 8.19. The van der Waals surface area contributed by atoms with Crippen molar-refractivity contribution in [1.82, 2.24) is 14.7 Å². The van der Waals surface area contributed by atoms with Crippen molar-refractivity contribution in [3.63, 3.8) is 0 Å². The van der Waals surface area contributed by atoms with Crippen LogP contribution in [0.3, 0.4) is 0 Å². The van der Waals surface area contributed by atoms with Gasteiger partial charge in [-0.1, -0.05) is 13.8 Å². The summed E-state index contributed by atoms with van der Waals surface area (Å²) < 4.78 is 0. The van der Waals surface area contributed by atoms with Gasteiger partial charge in [-0.25, -0.2) is 0 Å². The van der Waals surface area contributed by atoms with Crippen molar-refractivity contribution in [3.8, 4) is 0 Å². The standard InChI is InChI=1S/C16H29N3O2/c1-12(2)9-18-7-8-19(11-15(18)20)16(21)14-5-6-17(10-14)13(3)4/h12-14H,5-11H2,1-4H3/t14-/m1/s1. The molecule has 0 bridgehead atoms. The summed E-state index contributed by atoms with van der Waals surface area (Å²) in [4.78, 5) is 30.7. The van der Waals surface area contributed by atoms with E-state index in [4.69, 9.17) is 0 Å². The summed E-state index contributed by atoms with van der Waals surface area (Å²) in [7, 11) is 0. The first-order valence-corrected chi connectivity index (χ1v) is 8.19. The molecule has 0 aliphatic carbocycles. The Morgan fingerprint density at radius 1 is 1.19 bits per heavy atom. The smallest absolute Gasteiger partial charge is 0.242 e. The summed E-state index contributed by atoms with van der Waals surface area (Å²) in [6.45, 7) is 12.8. The van der Waals surface area contributed by atoms with Crippen LogP contribution in [0.1, 0.15) is 34.1 Å². The second kappa shape index (κ2) is 6.77. The predicted octanol–water partition coefficient (Wildman–Crippen LogP) is 1.04. The maximum atomic E-state index is 12.6. The Bertz CT molecular complexity index is 395. The molecule has 2 saturated heterocycles. The van der Waals surface area contributed by atoms with Gasteiger partial charge < -0.3 is 14.7 Å². The van der Waals surface area contributed by atoms with Gasteiger partial charge in [0, 0.05) is 32.2 Å². The van der Waals surface area contributed by atoms with E-state index in [1.807, 2.05) is 4.90 Å². The highest BCUT2D eigenvalue weighted by atomic mass is 16.2. The van der Waals surface area contributed by atoms with Crippen molar-refractivity contribution in [2.45, 2.75) is 40.2 Å². The van der Waals surface area contributed by atoms with Gasteiger partial charge in [0.25, 0.3) is 0 Å². The fourth-order valence-corrected chi connectivity index (χ4v) is 3.25. The molecule has 0 aromatic heterocycles. The van der Waals surface area contributed by atoms with E-state index in [1.165, 1.54) is 0 Å². The van der Waals surface area contributed by atoms with Crippen LogP contribution < -0.4 is 0 Å². The Morgan fingerprint density at radius 2 is 1.90 bits per heavy atom. The van der Waals surface area contributed by atoms with Crippen LogP contribution in [0.25, 0.3) is 0 Å². The fraction of sp³-hybridized carbons (Fsp3) is 0.875. The Balaban J connectivity index is 1.87. The molecule has 1 atom stereocenters. The molecule has 2 heterocycles. The predicted molar refractivity (Wildman–Crippen MR) is 82.8 cm³/mol. The zero-order valence-electron chi connectivity index (χ0n) is 13.8. The Kier molecular flexibility index (Phi) is 5.25. The normalized spacial score (nSPS) is 24.5. The number of rotatable bonds is 4. The molecule has 21 heavy (non-hydrogen) atoms. The van der Waals surface area contributed by atoms with E-state index in [2.05, 4.69) is 32.6 Å². The van der Waals surface area contributed by atoms with Crippen molar-refractivity contribution >= 4 is 11.8 Å². The van der Waals surface area contributed by atoms with Crippen molar-refractivity contribution in [3.05, 3.63) is 0 Å². The van der Waals surface area contributed by atoms with Gasteiger partial charge in [-0.3, -0.25) is 9.59 Å². The summed E-state index contributed by atoms with van der Waals surface area (Å²) in [5.74, 6) is 0.834. The summed E-state index contributed by atoms with van der Waals surface area (Å²) in [6, 6.07) is 0.493. The highest BCUT2D eigenvalue weighted by Gasteiger charge is 2.35. The number of likely N-dealkylation sites (tertiary alicyclic amines) is 1. The SMILES string of the molecule is CC(C)CN1CCN(C(=O)[C@@H]2CCN(C(C)C)C2)CC1=O. The second-order valence-corrected chi connectivity index (χ2v) is 7.07. The van der Waals surface area contributed by atoms with Crippen LogP contribution in [0, 0.1) is 11.8 Å². The number of carbonyl (C=O) groups is 2. The topological polar surface area (TPSA) is 43.9 Å². The minimum atomic E-state index is 0.0804. The lowest BCUT2D eigenvalue weighted by Crippen LogP contribution is -2.54. The van der Waals surface area contributed by atoms with E-state index in [0.717, 1.165) is 26.1 Å². The van der Waals surface area contributed by atoms with Crippen LogP contribution in [0.2, 0.25) is 0 Å². The van der Waals surface area contributed by atoms with E-state index in [-0.39, 0.29) is 24.3 Å². The molecule has 0 aromatic rings. The molecule has 0 radical (unpaired) electrons. The molecule has 5 heteroatoms. The molecule has 0 spiro atoms. The van der Waals surface area contributed by atoms with Crippen LogP contribution in [0.15, 0.2) is 0 Å². The van der Waals surface area contributed by atoms with Gasteiger partial charge in [-0.2, -0.15) is 0 Å². The average molecular weight is 295 g/mol. The first-order chi connectivity index (χ1) is 9.88. The maximum Gasteiger partial charge on any atom is 0.242 e. The van der Waals surface area contributed by atoms with Crippen LogP contribution in [0.5, 0.6) is 0 Å². The summed E-state index contributed by atoms with van der Waals surface area (Å²) in [6.07, 6.45) is 0.928. The molecule has 0 unspecified atom stereocenters. The Hall–Kier alpha value is -1.10. The molecule has 2 aliphatic heterocycles. The van der Waals surface area contributed by atoms with E-state index >= 15 is 0 Å². The van der Waals surface area contributed by atoms with Crippen LogP contribution in [0.4, 0.5) is 0 Å². The molecule has 120 valence electrons. The van der Waals surface area contributed by atoms with Gasteiger partial charge in [0.15, 0.2) is 0 Å². The molecule has 2 amide bonds. The molecule has 2 rings (SSSR count). The molecule has 2 fully saturated rings. The highest BCUT2D eigenvalue weighted by molar-refractivity contribution is 5.87. The van der Waals surface area contributed by atoms with E-state index < -0.39 is 0 Å². The summed E-state index contributed by atoms with van der Waals surface area (Å²) >= 11 is 0. The monoisotopic (exact) mass is 295 g/mol. The van der Waals surface area contributed by atoms with Crippen molar-refractivity contribution < 1.29 is 9.59 Å². The highest BCUT2D eigenvalue weighted by Crippen LogP contribution is 2.21. The van der Waals surface area contributed by atoms with Crippen molar-refractivity contribution in [2.24, 2.45) is 11.8 Å². The number of nitrogens with zero attached hydrogens (tertiary/aromatic N) is 3. The molecule has 0 aromatic carbocycles. The van der Waals surface area contributed by atoms with Crippen LogP contribution >= 0.6 is 0 Å². The number of hydrogen-bond donors (Lipinski definition) is 0. The largest absolute Gasteiger partial charge is 0.339 e. The summed E-state index contributed by atoms with van der Waals surface area (Å²) in [5.41, 5.74) is 0. The van der Waals surface area contributed by atoms with Gasteiger partial charge in [-0.15, -0.1) is 0 Å². The van der Waals surface area contributed by atoms with Gasteiger partial charge in [0.2, 0.25) is 11.8 Å². The third-order valence-electron chi connectivity index (χ3n) is 4.52. The number of piperazine rings is 1. The fourth-order valence-electron chi connectivity index (χ4n) is 3.25. The lowest BCUT2D eigenvalue weighted by Gasteiger charge is -2.36. The van der Waals surface area contributed by atoms with E-state index in [0.29, 0.717) is 25.0 Å². The Labute approximate surface area is 128 Å². The van der Waals surface area contributed by atoms with Gasteiger partial charge >= 0.3 is 0 Å². The zero-order valence-corrected chi connectivity index (χ0v) is 13.8. The number of carbonyl (C=O) groups excluding carboxylic acids is 2. The third-order valence-corrected chi connectivity index (χ3v) is 4.52. The van der Waals surface area contributed by atoms with E-state index in [9.17, 15) is 9.59 Å². The van der Waals surface area contributed by atoms with Crippen LogP contribution in [-0.4, -0.2) is 71.8 Å². The average Bonchev–Trinajstić information content (AvgIpc) is 2.89. The Morgan fingerprint density at radius 3 is 2.43 bits per heavy atom. The number of amides is 2. The third kappa shape index (κ3) is 3.96. The summed E-state index contributed by atoms with van der Waals surface area (Å²) in [5, 5.41) is 0. The van der Waals surface area contributed by atoms with Gasteiger partial charge in [-0.05, 0) is 32.7 Å². The second-order valence-electron chi connectivity index (χ2n) is 7.07. The lowest BCUT2D eigenvalue weighted by atomic mass is 10.1. The van der Waals surface area contributed by atoms with Crippen molar-refractivity contribution in [2.75, 3.05) is 39.3 Å². The van der Waals surface area contributed by atoms with Crippen molar-refractivity contribution in [1.29, 1.82) is 0 Å². The minimum absolute atomic E-state index is 0.0804. The molecule has 0 saturated carbocycles. The zero-order chi connectivity index (χ0) is 15.6. The van der Waals surface area contributed by atoms with Crippen LogP contribution in [-0.2, 0) is 9.59 Å². The molecular formula is C16H29N3O2. The lowest BCUT2D eigenvalue weighted by molar-refractivity contribution is -0.147. The molecule has 2 aliphatic rings. The maximum absolute atomic E-state index is 12.6. The van der Waals surface area contributed by atoms with Gasteiger partial charge in [0.1, 0.15) is 0 Å². The number of hydrogen-bond acceptors (Lipinski definition) is 3. The van der Waals surface area contributed by atoms with E-state index in [1.54, 1.807) is 4.90 Å². The molecule has 0 N–H and O–H groups in total.